The zero-order chi connectivity index (χ0) is 62.2. The maximum atomic E-state index is 2.53. The Labute approximate surface area is 553 Å². The Morgan fingerprint density at radius 1 is 0.330 bits per heavy atom. The molecule has 0 N–H and O–H groups in total. The highest BCUT2D eigenvalue weighted by Crippen LogP contribution is 2.74. The zero-order valence-corrected chi connectivity index (χ0v) is 55.0. The third-order valence-corrected chi connectivity index (χ3v) is 31.2. The Morgan fingerprint density at radius 3 is 1.60 bits per heavy atom. The molecule has 94 heavy (non-hydrogen) atoms. The minimum absolute atomic E-state index is 0.307. The highest BCUT2D eigenvalue weighted by Gasteiger charge is 2.49. The molecule has 16 aromatic rings. The number of nitrogens with zero attached hydrogens (tertiary/aromatic N) is 1. The van der Waals surface area contributed by atoms with Crippen molar-refractivity contribution in [1.29, 1.82) is 0 Å². The van der Waals surface area contributed by atoms with E-state index in [0.29, 0.717) is 13.4 Å². The average molecular weight is 1250 g/mol. The molecule has 0 fully saturated rings. The van der Waals surface area contributed by atoms with Gasteiger partial charge in [0.05, 0.1) is 11.4 Å². The first-order valence-electron chi connectivity index (χ1n) is 32.9. The van der Waals surface area contributed by atoms with Gasteiger partial charge in [0.1, 0.15) is 8.07 Å². The molecule has 1 nitrogen and oxygen atoms in total. The number of benzene rings is 15. The molecule has 6 heteroatoms. The van der Waals surface area contributed by atoms with E-state index in [2.05, 4.69) is 358 Å². The minimum Gasteiger partial charge on any atom is -0.309 e. The van der Waals surface area contributed by atoms with Gasteiger partial charge in [-0.05, 0) is 166 Å². The molecule has 1 unspecified atom stereocenters. The summed E-state index contributed by atoms with van der Waals surface area (Å²) in [6.45, 7) is 5.73. The zero-order valence-electron chi connectivity index (χ0n) is 52.3. The molecule has 440 valence electrons. The van der Waals surface area contributed by atoms with Crippen LogP contribution >= 0.6 is 17.6 Å². The van der Waals surface area contributed by atoms with Crippen LogP contribution in [0.4, 0.5) is 17.1 Å². The summed E-state index contributed by atoms with van der Waals surface area (Å²) in [6, 6.07) is 126. The van der Waals surface area contributed by atoms with Gasteiger partial charge in [-0.25, -0.2) is 0 Å². The van der Waals surface area contributed by atoms with Crippen LogP contribution in [0.5, 0.6) is 0 Å². The van der Waals surface area contributed by atoms with Crippen molar-refractivity contribution in [1.82, 2.24) is 0 Å². The summed E-state index contributed by atoms with van der Waals surface area (Å²) < 4.78 is 0. The van der Waals surface area contributed by atoms with Crippen LogP contribution < -0.4 is 48.1 Å². The fourth-order valence-electron chi connectivity index (χ4n) is 17.0. The highest BCUT2D eigenvalue weighted by molar-refractivity contribution is 8.34. The Hall–Kier alpha value is -10.4. The largest absolute Gasteiger partial charge is 0.309 e. The number of hydrogen-bond donors (Lipinski definition) is 0. The van der Waals surface area contributed by atoms with Crippen molar-refractivity contribution in [3.05, 3.63) is 340 Å². The Bertz CT molecular complexity index is 5710. The lowest BCUT2D eigenvalue weighted by atomic mass is 9.38. The lowest BCUT2D eigenvalue weighted by molar-refractivity contribution is 1.26. The van der Waals surface area contributed by atoms with Crippen LogP contribution in [-0.4, -0.2) is 21.5 Å². The van der Waals surface area contributed by atoms with Crippen LogP contribution in [0.3, 0.4) is 0 Å². The molecular formula is C88H62B2NPSSi. The number of para-hydroxylation sites is 2. The average Bonchev–Trinajstić information content (AvgIpc) is 1.42. The Morgan fingerprint density at radius 2 is 0.862 bits per heavy atom. The maximum absolute atomic E-state index is 2.53. The second kappa shape index (κ2) is 21.6. The van der Waals surface area contributed by atoms with E-state index in [0.717, 1.165) is 0 Å². The van der Waals surface area contributed by atoms with E-state index in [9.17, 15) is 0 Å². The molecule has 21 rings (SSSR count). The number of hydrogen-bond acceptors (Lipinski definition) is 1. The third kappa shape index (κ3) is 8.12. The van der Waals surface area contributed by atoms with Gasteiger partial charge in [-0.1, -0.05) is 313 Å². The van der Waals surface area contributed by atoms with Gasteiger partial charge in [-0.2, -0.15) is 0 Å². The van der Waals surface area contributed by atoms with Crippen LogP contribution in [0.25, 0.3) is 81.2 Å². The second-order valence-electron chi connectivity index (χ2n) is 26.2. The van der Waals surface area contributed by atoms with Crippen molar-refractivity contribution in [2.75, 3.05) is 4.90 Å². The van der Waals surface area contributed by atoms with Gasteiger partial charge in [0, 0.05) is 31.0 Å². The molecule has 0 saturated carbocycles. The number of anilines is 3. The van der Waals surface area contributed by atoms with Gasteiger partial charge in [-0.3, -0.25) is 0 Å². The molecule has 0 amide bonds. The normalized spacial score (nSPS) is 14.5. The Kier molecular flexibility index (Phi) is 12.7. The van der Waals surface area contributed by atoms with Crippen molar-refractivity contribution in [3.63, 3.8) is 0 Å². The summed E-state index contributed by atoms with van der Waals surface area (Å²) in [7, 11) is -3.95. The van der Waals surface area contributed by atoms with Gasteiger partial charge in [0.2, 0.25) is 13.4 Å². The van der Waals surface area contributed by atoms with E-state index in [1.165, 1.54) is 140 Å². The minimum atomic E-state index is -1.78. The molecule has 1 atom stereocenters. The molecule has 5 aliphatic rings. The highest BCUT2D eigenvalue weighted by atomic mass is 32.3. The molecule has 0 saturated heterocycles. The number of rotatable bonds is 4. The van der Waals surface area contributed by atoms with Crippen molar-refractivity contribution < 1.29 is 0 Å². The summed E-state index contributed by atoms with van der Waals surface area (Å²) >= 11 is 0. The van der Waals surface area contributed by atoms with E-state index in [-0.39, 0.29) is 0 Å². The van der Waals surface area contributed by atoms with Crippen LogP contribution in [0.2, 0.25) is 13.1 Å². The van der Waals surface area contributed by atoms with E-state index in [1.807, 2.05) is 0 Å². The topological polar surface area (TPSA) is 3.24 Å². The van der Waals surface area contributed by atoms with E-state index in [1.54, 1.807) is 21.3 Å². The lowest BCUT2D eigenvalue weighted by Gasteiger charge is -2.48. The van der Waals surface area contributed by atoms with E-state index in [4.69, 9.17) is 0 Å². The van der Waals surface area contributed by atoms with Gasteiger partial charge in [0.25, 0.3) is 0 Å². The van der Waals surface area contributed by atoms with Crippen molar-refractivity contribution in [2.45, 2.75) is 32.7 Å². The predicted molar refractivity (Wildman–Crippen MR) is 410 cm³/mol. The lowest BCUT2D eigenvalue weighted by Crippen LogP contribution is -2.75. The molecule has 0 bridgehead atoms. The smallest absolute Gasteiger partial charge is 0.245 e. The molecule has 0 spiro atoms. The van der Waals surface area contributed by atoms with Gasteiger partial charge in [0.15, 0.2) is 0 Å². The monoisotopic (exact) mass is 1250 g/mol. The predicted octanol–water partition coefficient (Wildman–Crippen LogP) is 18.9. The van der Waals surface area contributed by atoms with Crippen LogP contribution in [0, 0.1) is 0 Å². The van der Waals surface area contributed by atoms with Crippen molar-refractivity contribution in [3.8, 4) is 38.7 Å². The van der Waals surface area contributed by atoms with Crippen LogP contribution in [0.1, 0.15) is 0 Å². The molecule has 6 heterocycles. The molecule has 5 aliphatic heterocycles. The van der Waals surface area contributed by atoms with Gasteiger partial charge >= 0.3 is 0 Å². The van der Waals surface area contributed by atoms with Crippen LogP contribution in [-0.2, 0) is 0 Å². The fraction of sp³-hybridized carbons (Fsp3) is 0.0227. The van der Waals surface area contributed by atoms with Gasteiger partial charge < -0.3 is 4.90 Å². The fourth-order valence-corrected chi connectivity index (χ4v) is 27.4. The standard InChI is InChI=1S/C30H21BS.C30H20NP.C28H21BSi/c1-3-12-22(13-4-1)32(23-14-5-2-6-15-23)28-20-10-9-19-27(28)31-26-18-8-7-16-24(26)25-17-11-21-29(32)30(25)31;1-3-10-21(11-4-1)22-18-19-28-25(20-22)24-14-9-16-27-30(24)32(28)29-17-8-7-15-26(29)31(27)23-12-5-2-6-13-23;1-30(2)26-13-7-12-22-23-14-18-8-3-4-9-19(18)15-24(23)29(28(22)26)25-16-20-10-5-6-11-21(20)17-27(25)30/h1-21H;1-20H;3-17H,1-2H3. The SMILES string of the molecule is C[Si]1(C)c2cc3ccccc3cc2B2c3cc4ccccc4cc3-c3cccc1c32.c1ccc(-c2ccc3c(c2)c2cccc4c2p3-c2ccccc2N4c2ccccc2)cc1.c1ccc(S2(c3ccccc3)c3ccccc3B3c4ccccc4-c4cccc2c43)cc1. The summed E-state index contributed by atoms with van der Waals surface area (Å²) in [4.78, 5) is 8.22. The molecule has 0 aliphatic carbocycles. The first-order valence-corrected chi connectivity index (χ1v) is 38.9. The van der Waals surface area contributed by atoms with Crippen molar-refractivity contribution >= 4 is 142 Å². The first kappa shape index (κ1) is 55.3. The van der Waals surface area contributed by atoms with E-state index < -0.39 is 25.6 Å². The first-order chi connectivity index (χ1) is 46.4. The third-order valence-electron chi connectivity index (χ3n) is 21.0. The summed E-state index contributed by atoms with van der Waals surface area (Å²) in [5.74, 6) is 0. The summed E-state index contributed by atoms with van der Waals surface area (Å²) in [5.41, 5.74) is 21.1. The molecular weight excluding hydrogens is 1180 g/mol. The number of fused-ring (bicyclic) bond motifs is 17. The summed E-state index contributed by atoms with van der Waals surface area (Å²) in [5, 5.41) is 15.8. The summed E-state index contributed by atoms with van der Waals surface area (Å²) in [6.07, 6.45) is 0. The van der Waals surface area contributed by atoms with Crippen molar-refractivity contribution in [2.24, 2.45) is 0 Å². The second-order valence-corrected chi connectivity index (χ2v) is 35.6. The molecule has 0 radical (unpaired) electrons. The maximum Gasteiger partial charge on any atom is 0.245 e. The van der Waals surface area contributed by atoms with E-state index >= 15 is 0 Å². The van der Waals surface area contributed by atoms with Gasteiger partial charge in [-0.15, -0.1) is 10.0 Å². The quantitative estimate of drug-likeness (QED) is 0.159. The molecule has 1 aromatic heterocycles. The van der Waals surface area contributed by atoms with Crippen LogP contribution in [0.15, 0.2) is 359 Å². The Balaban J connectivity index is 0.000000100. The molecule has 15 aromatic carbocycles.